The maximum Gasteiger partial charge on any atom is 0.266 e. The highest BCUT2D eigenvalue weighted by Gasteiger charge is 2.32. The van der Waals surface area contributed by atoms with Gasteiger partial charge in [-0.05, 0) is 35.9 Å². The summed E-state index contributed by atoms with van der Waals surface area (Å²) >= 11 is 6.89. The second kappa shape index (κ2) is 9.51. The van der Waals surface area contributed by atoms with Gasteiger partial charge in [0.1, 0.15) is 15.9 Å². The number of thiocarbonyl (C=S) groups is 1. The minimum absolute atomic E-state index is 0.0816. The monoisotopic (exact) mass is 477 g/mol. The number of pyridine rings is 1. The zero-order chi connectivity index (χ0) is 22.8. The first-order chi connectivity index (χ1) is 16.1. The van der Waals surface area contributed by atoms with E-state index in [1.165, 1.54) is 11.8 Å². The van der Waals surface area contributed by atoms with Crippen LogP contribution in [0.4, 0.5) is 5.82 Å². The van der Waals surface area contributed by atoms with Crippen molar-refractivity contribution in [1.29, 1.82) is 0 Å². The van der Waals surface area contributed by atoms with Gasteiger partial charge in [0, 0.05) is 24.0 Å². The molecule has 0 atom stereocenters. The molecule has 2 aliphatic heterocycles. The summed E-state index contributed by atoms with van der Waals surface area (Å²) in [6.07, 6.45) is 1.93. The Morgan fingerprint density at radius 1 is 1.15 bits per heavy atom. The van der Waals surface area contributed by atoms with E-state index in [1.54, 1.807) is 12.0 Å². The van der Waals surface area contributed by atoms with Crippen molar-refractivity contribution in [2.75, 3.05) is 38.3 Å². The maximum atomic E-state index is 13.3. The molecule has 2 aliphatic rings. The Morgan fingerprint density at radius 2 is 1.91 bits per heavy atom. The lowest BCUT2D eigenvalue weighted by Crippen LogP contribution is -2.37. The molecule has 33 heavy (non-hydrogen) atoms. The fraction of sp³-hybridized carbons (Fsp3) is 0.240. The molecule has 1 amide bonds. The summed E-state index contributed by atoms with van der Waals surface area (Å²) in [5.74, 6) is 1.57. The number of aromatic nitrogens is 1. The molecule has 0 bridgehead atoms. The quantitative estimate of drug-likeness (QED) is 0.397. The Morgan fingerprint density at radius 3 is 2.67 bits per heavy atom. The minimum Gasteiger partial charge on any atom is -0.497 e. The molecule has 0 N–H and O–H groups in total. The molecule has 0 radical (unpaired) electrons. The summed E-state index contributed by atoms with van der Waals surface area (Å²) < 4.78 is 11.3. The average molecular weight is 478 g/mol. The normalized spacial score (nSPS) is 17.9. The highest BCUT2D eigenvalue weighted by Crippen LogP contribution is 2.36. The average Bonchev–Trinajstić information content (AvgIpc) is 3.12. The van der Waals surface area contributed by atoms with Gasteiger partial charge in [-0.3, -0.25) is 9.69 Å². The van der Waals surface area contributed by atoms with Crippen molar-refractivity contribution in [2.24, 2.45) is 0 Å². The minimum atomic E-state index is -0.0816. The molecular formula is C25H23N3O3S2. The second-order valence-corrected chi connectivity index (χ2v) is 9.49. The van der Waals surface area contributed by atoms with Crippen LogP contribution in [0, 0.1) is 0 Å². The third-order valence-corrected chi connectivity index (χ3v) is 7.08. The molecule has 1 aromatic heterocycles. The number of amides is 1. The van der Waals surface area contributed by atoms with Crippen LogP contribution in [0.15, 0.2) is 59.5 Å². The molecule has 0 unspecified atom stereocenters. The Bertz CT molecular complexity index is 1240. The summed E-state index contributed by atoms with van der Waals surface area (Å²) in [5.41, 5.74) is 2.85. The van der Waals surface area contributed by atoms with E-state index in [1.807, 2.05) is 54.6 Å². The molecule has 6 nitrogen and oxygen atoms in total. The van der Waals surface area contributed by atoms with Crippen molar-refractivity contribution in [1.82, 2.24) is 9.88 Å². The Hall–Kier alpha value is -2.94. The standard InChI is InChI=1S/C25H23N3O3S2/c1-30-20-8-6-17(7-9-20)16-28-24(29)22(33-25(28)32)15-19-14-18-4-2-3-5-21(18)26-23(19)27-10-12-31-13-11-27/h2-9,14-15H,10-13,16H2,1H3/b22-15-. The highest BCUT2D eigenvalue weighted by molar-refractivity contribution is 8.26. The van der Waals surface area contributed by atoms with Crippen LogP contribution in [0.2, 0.25) is 0 Å². The van der Waals surface area contributed by atoms with Crippen molar-refractivity contribution >= 4 is 57.0 Å². The van der Waals surface area contributed by atoms with Crippen LogP contribution < -0.4 is 9.64 Å². The van der Waals surface area contributed by atoms with Gasteiger partial charge in [0.2, 0.25) is 0 Å². The van der Waals surface area contributed by atoms with Gasteiger partial charge in [0.25, 0.3) is 5.91 Å². The molecule has 2 aromatic carbocycles. The van der Waals surface area contributed by atoms with Crippen molar-refractivity contribution < 1.29 is 14.3 Å². The van der Waals surface area contributed by atoms with Gasteiger partial charge in [-0.25, -0.2) is 4.98 Å². The SMILES string of the molecule is COc1ccc(CN2C(=O)/C(=C/c3cc4ccccc4nc3N3CCOCC3)SC2=S)cc1. The Kier molecular flexibility index (Phi) is 6.30. The first-order valence-electron chi connectivity index (χ1n) is 10.7. The lowest BCUT2D eigenvalue weighted by molar-refractivity contribution is -0.122. The van der Waals surface area contributed by atoms with E-state index in [9.17, 15) is 4.79 Å². The topological polar surface area (TPSA) is 54.9 Å². The number of anilines is 1. The van der Waals surface area contributed by atoms with E-state index in [0.717, 1.165) is 46.7 Å². The number of hydrogen-bond donors (Lipinski definition) is 0. The summed E-state index contributed by atoms with van der Waals surface area (Å²) in [6, 6.07) is 17.8. The smallest absolute Gasteiger partial charge is 0.266 e. The van der Waals surface area contributed by atoms with Crippen molar-refractivity contribution in [3.05, 3.63) is 70.6 Å². The Labute approximate surface area is 202 Å². The molecule has 3 heterocycles. The molecule has 2 fully saturated rings. The van der Waals surface area contributed by atoms with Gasteiger partial charge in [0.15, 0.2) is 0 Å². The zero-order valence-corrected chi connectivity index (χ0v) is 19.8. The van der Waals surface area contributed by atoms with E-state index >= 15 is 0 Å². The van der Waals surface area contributed by atoms with Gasteiger partial charge < -0.3 is 14.4 Å². The molecular weight excluding hydrogens is 454 g/mol. The largest absolute Gasteiger partial charge is 0.497 e. The third kappa shape index (κ3) is 4.59. The van der Waals surface area contributed by atoms with E-state index in [0.29, 0.717) is 29.0 Å². The molecule has 0 saturated carbocycles. The molecule has 0 aliphatic carbocycles. The number of hydrogen-bond acceptors (Lipinski definition) is 7. The van der Waals surface area contributed by atoms with E-state index in [2.05, 4.69) is 11.0 Å². The lowest BCUT2D eigenvalue weighted by Gasteiger charge is -2.29. The first-order valence-corrected chi connectivity index (χ1v) is 12.0. The van der Waals surface area contributed by atoms with Crippen LogP contribution >= 0.6 is 24.0 Å². The number of carbonyl (C=O) groups is 1. The van der Waals surface area contributed by atoms with Crippen LogP contribution in [-0.2, 0) is 16.1 Å². The summed E-state index contributed by atoms with van der Waals surface area (Å²) in [6.45, 7) is 3.29. The van der Waals surface area contributed by atoms with Gasteiger partial charge >= 0.3 is 0 Å². The number of carbonyl (C=O) groups excluding carboxylic acids is 1. The van der Waals surface area contributed by atoms with Crippen LogP contribution in [0.1, 0.15) is 11.1 Å². The van der Waals surface area contributed by atoms with Crippen LogP contribution in [-0.4, -0.2) is 53.5 Å². The van der Waals surface area contributed by atoms with E-state index < -0.39 is 0 Å². The van der Waals surface area contributed by atoms with Crippen LogP contribution in [0.25, 0.3) is 17.0 Å². The van der Waals surface area contributed by atoms with E-state index in [-0.39, 0.29) is 5.91 Å². The summed E-state index contributed by atoms with van der Waals surface area (Å²) in [4.78, 5) is 22.7. The van der Waals surface area contributed by atoms with Gasteiger partial charge in [-0.2, -0.15) is 0 Å². The van der Waals surface area contributed by atoms with Crippen LogP contribution in [0.3, 0.4) is 0 Å². The van der Waals surface area contributed by atoms with Gasteiger partial charge in [0.05, 0.1) is 37.3 Å². The van der Waals surface area contributed by atoms with Gasteiger partial charge in [-0.15, -0.1) is 0 Å². The molecule has 0 spiro atoms. The molecule has 2 saturated heterocycles. The number of thioether (sulfide) groups is 1. The van der Waals surface area contributed by atoms with Crippen LogP contribution in [0.5, 0.6) is 5.75 Å². The number of methoxy groups -OCH3 is 1. The third-order valence-electron chi connectivity index (χ3n) is 5.70. The summed E-state index contributed by atoms with van der Waals surface area (Å²) in [7, 11) is 1.63. The van der Waals surface area contributed by atoms with Crippen molar-refractivity contribution in [3.8, 4) is 5.75 Å². The highest BCUT2D eigenvalue weighted by atomic mass is 32.2. The number of benzene rings is 2. The van der Waals surface area contributed by atoms with Crippen molar-refractivity contribution in [2.45, 2.75) is 6.54 Å². The number of nitrogens with zero attached hydrogens (tertiary/aromatic N) is 3. The number of fused-ring (bicyclic) bond motifs is 1. The Balaban J connectivity index is 1.47. The number of para-hydroxylation sites is 1. The number of ether oxygens (including phenoxy) is 2. The number of rotatable bonds is 5. The molecule has 168 valence electrons. The predicted octanol–water partition coefficient (Wildman–Crippen LogP) is 4.48. The fourth-order valence-corrected chi connectivity index (χ4v) is 5.19. The second-order valence-electron chi connectivity index (χ2n) is 7.81. The zero-order valence-electron chi connectivity index (χ0n) is 18.2. The first kappa shape index (κ1) is 21.9. The fourth-order valence-electron chi connectivity index (χ4n) is 3.95. The molecule has 8 heteroatoms. The number of morpholine rings is 1. The summed E-state index contributed by atoms with van der Waals surface area (Å²) in [5, 5.41) is 1.04. The predicted molar refractivity (Wildman–Crippen MR) is 136 cm³/mol. The van der Waals surface area contributed by atoms with Gasteiger partial charge in [-0.1, -0.05) is 54.3 Å². The van der Waals surface area contributed by atoms with Crippen molar-refractivity contribution in [3.63, 3.8) is 0 Å². The maximum absolute atomic E-state index is 13.3. The molecule has 5 rings (SSSR count). The molecule has 3 aromatic rings. The van der Waals surface area contributed by atoms with E-state index in [4.69, 9.17) is 26.7 Å². The lowest BCUT2D eigenvalue weighted by atomic mass is 10.1.